The van der Waals surface area contributed by atoms with Crippen LogP contribution < -0.4 is 4.90 Å². The van der Waals surface area contributed by atoms with Crippen LogP contribution in [0, 0.1) is 5.92 Å². The van der Waals surface area contributed by atoms with E-state index in [4.69, 9.17) is 0 Å². The lowest BCUT2D eigenvalue weighted by molar-refractivity contribution is -0.136. The fourth-order valence-electron chi connectivity index (χ4n) is 3.41. The summed E-state index contributed by atoms with van der Waals surface area (Å²) in [7, 11) is 0. The van der Waals surface area contributed by atoms with Gasteiger partial charge in [0.2, 0.25) is 11.8 Å². The zero-order valence-electron chi connectivity index (χ0n) is 13.3. The minimum Gasteiger partial charge on any atom is -0.342 e. The molecule has 4 nitrogen and oxygen atoms in total. The predicted octanol–water partition coefficient (Wildman–Crippen LogP) is 2.61. The maximum absolute atomic E-state index is 12.6. The highest BCUT2D eigenvalue weighted by atomic mass is 16.2. The molecule has 1 atom stereocenters. The second-order valence-corrected chi connectivity index (χ2v) is 6.31. The van der Waals surface area contributed by atoms with Crippen molar-refractivity contribution in [1.29, 1.82) is 0 Å². The van der Waals surface area contributed by atoms with Crippen LogP contribution in [0.2, 0.25) is 0 Å². The Balaban J connectivity index is 1.68. The van der Waals surface area contributed by atoms with E-state index in [-0.39, 0.29) is 17.7 Å². The summed E-state index contributed by atoms with van der Waals surface area (Å²) in [5.41, 5.74) is 2.17. The lowest BCUT2D eigenvalue weighted by atomic mass is 10.0. The van der Waals surface area contributed by atoms with Crippen molar-refractivity contribution in [1.82, 2.24) is 4.90 Å². The number of aryl methyl sites for hydroxylation is 1. The van der Waals surface area contributed by atoms with Crippen LogP contribution in [0.5, 0.6) is 0 Å². The van der Waals surface area contributed by atoms with Crippen LogP contribution in [0.3, 0.4) is 0 Å². The van der Waals surface area contributed by atoms with Gasteiger partial charge in [0.05, 0.1) is 5.92 Å². The second kappa shape index (κ2) is 6.51. The van der Waals surface area contributed by atoms with E-state index in [2.05, 4.69) is 19.1 Å². The van der Waals surface area contributed by atoms with Crippen molar-refractivity contribution in [2.45, 2.75) is 39.0 Å². The first kappa shape index (κ1) is 15.1. The highest BCUT2D eigenvalue weighted by Gasteiger charge is 2.37. The summed E-state index contributed by atoms with van der Waals surface area (Å²) in [4.78, 5) is 28.6. The van der Waals surface area contributed by atoms with Crippen LogP contribution in [0.15, 0.2) is 24.3 Å². The molecule has 2 heterocycles. The Labute approximate surface area is 132 Å². The fourth-order valence-corrected chi connectivity index (χ4v) is 3.41. The molecule has 2 aliphatic heterocycles. The first-order valence-corrected chi connectivity index (χ1v) is 8.37. The van der Waals surface area contributed by atoms with Gasteiger partial charge in [-0.3, -0.25) is 9.59 Å². The molecule has 0 saturated carbocycles. The highest BCUT2D eigenvalue weighted by Crippen LogP contribution is 2.27. The number of amides is 2. The summed E-state index contributed by atoms with van der Waals surface area (Å²) in [6.45, 7) is 4.35. The summed E-state index contributed by atoms with van der Waals surface area (Å²) < 4.78 is 0. The van der Waals surface area contributed by atoms with Gasteiger partial charge >= 0.3 is 0 Å². The monoisotopic (exact) mass is 300 g/mol. The molecule has 2 aliphatic rings. The maximum Gasteiger partial charge on any atom is 0.228 e. The number of anilines is 1. The molecule has 0 aliphatic carbocycles. The molecular formula is C18H24N2O2. The SMILES string of the molecule is CCc1ccc(N2C[C@H](C(=O)N3CCCCC3)CC2=O)cc1. The molecule has 0 bridgehead atoms. The lowest BCUT2D eigenvalue weighted by Crippen LogP contribution is -2.40. The number of nitrogens with zero attached hydrogens (tertiary/aromatic N) is 2. The molecule has 1 aromatic carbocycles. The molecule has 2 saturated heterocycles. The first-order chi connectivity index (χ1) is 10.7. The number of carbonyl (C=O) groups is 2. The molecule has 22 heavy (non-hydrogen) atoms. The van der Waals surface area contributed by atoms with E-state index in [0.29, 0.717) is 13.0 Å². The van der Waals surface area contributed by atoms with E-state index in [1.54, 1.807) is 4.90 Å². The third-order valence-electron chi connectivity index (χ3n) is 4.80. The smallest absolute Gasteiger partial charge is 0.228 e. The first-order valence-electron chi connectivity index (χ1n) is 8.37. The second-order valence-electron chi connectivity index (χ2n) is 6.31. The molecule has 118 valence electrons. The van der Waals surface area contributed by atoms with Crippen molar-refractivity contribution >= 4 is 17.5 Å². The van der Waals surface area contributed by atoms with Crippen molar-refractivity contribution in [2.75, 3.05) is 24.5 Å². The van der Waals surface area contributed by atoms with Crippen molar-refractivity contribution in [3.8, 4) is 0 Å². The molecule has 0 spiro atoms. The number of likely N-dealkylation sites (tertiary alicyclic amines) is 1. The zero-order valence-corrected chi connectivity index (χ0v) is 13.3. The summed E-state index contributed by atoms with van der Waals surface area (Å²) >= 11 is 0. The lowest BCUT2D eigenvalue weighted by Gasteiger charge is -2.29. The molecule has 0 radical (unpaired) electrons. The summed E-state index contributed by atoms with van der Waals surface area (Å²) in [6.07, 6.45) is 4.74. The van der Waals surface area contributed by atoms with E-state index in [0.717, 1.165) is 38.0 Å². The van der Waals surface area contributed by atoms with Crippen LogP contribution in [0.4, 0.5) is 5.69 Å². The molecule has 0 N–H and O–H groups in total. The minimum absolute atomic E-state index is 0.0691. The number of carbonyl (C=O) groups excluding carboxylic acids is 2. The van der Waals surface area contributed by atoms with Crippen LogP contribution in [-0.2, 0) is 16.0 Å². The van der Waals surface area contributed by atoms with E-state index < -0.39 is 0 Å². The van der Waals surface area contributed by atoms with Crippen molar-refractivity contribution < 1.29 is 9.59 Å². The minimum atomic E-state index is -0.170. The molecule has 0 unspecified atom stereocenters. The van der Waals surface area contributed by atoms with E-state index in [9.17, 15) is 9.59 Å². The quantitative estimate of drug-likeness (QED) is 0.861. The Hall–Kier alpha value is -1.84. The molecule has 2 fully saturated rings. The van der Waals surface area contributed by atoms with Crippen LogP contribution in [-0.4, -0.2) is 36.3 Å². The van der Waals surface area contributed by atoms with Crippen LogP contribution in [0.1, 0.15) is 38.2 Å². The zero-order chi connectivity index (χ0) is 15.5. The third-order valence-corrected chi connectivity index (χ3v) is 4.80. The summed E-state index contributed by atoms with van der Waals surface area (Å²) in [6, 6.07) is 8.10. The summed E-state index contributed by atoms with van der Waals surface area (Å²) in [5.74, 6) is 0.0665. The van der Waals surface area contributed by atoms with Gasteiger partial charge in [-0.2, -0.15) is 0 Å². The van der Waals surface area contributed by atoms with Gasteiger partial charge in [0.25, 0.3) is 0 Å². The van der Waals surface area contributed by atoms with Gasteiger partial charge in [0.1, 0.15) is 0 Å². The molecule has 3 rings (SSSR count). The van der Waals surface area contributed by atoms with Gasteiger partial charge in [-0.05, 0) is 43.4 Å². The van der Waals surface area contributed by atoms with E-state index in [1.807, 2.05) is 17.0 Å². The van der Waals surface area contributed by atoms with Crippen molar-refractivity contribution in [2.24, 2.45) is 5.92 Å². The fraction of sp³-hybridized carbons (Fsp3) is 0.556. The van der Waals surface area contributed by atoms with Gasteiger partial charge in [-0.15, -0.1) is 0 Å². The van der Waals surface area contributed by atoms with Gasteiger partial charge in [-0.1, -0.05) is 19.1 Å². The number of rotatable bonds is 3. The van der Waals surface area contributed by atoms with Crippen LogP contribution >= 0.6 is 0 Å². The highest BCUT2D eigenvalue weighted by molar-refractivity contribution is 6.00. The number of benzene rings is 1. The molecule has 0 aromatic heterocycles. The normalized spacial score (nSPS) is 22.2. The Morgan fingerprint density at radius 2 is 1.82 bits per heavy atom. The van der Waals surface area contributed by atoms with Gasteiger partial charge in [0, 0.05) is 31.7 Å². The Kier molecular flexibility index (Phi) is 4.46. The average Bonchev–Trinajstić information content (AvgIpc) is 2.97. The Morgan fingerprint density at radius 3 is 2.45 bits per heavy atom. The van der Waals surface area contributed by atoms with Gasteiger partial charge in [0.15, 0.2) is 0 Å². The van der Waals surface area contributed by atoms with Gasteiger partial charge in [-0.25, -0.2) is 0 Å². The number of hydrogen-bond donors (Lipinski definition) is 0. The molecule has 2 amide bonds. The molecule has 4 heteroatoms. The average molecular weight is 300 g/mol. The number of hydrogen-bond acceptors (Lipinski definition) is 2. The standard InChI is InChI=1S/C18H24N2O2/c1-2-14-6-8-16(9-7-14)20-13-15(12-17(20)21)18(22)19-10-4-3-5-11-19/h6-9,15H,2-5,10-13H2,1H3/t15-/m1/s1. The number of piperidine rings is 1. The van der Waals surface area contributed by atoms with E-state index >= 15 is 0 Å². The largest absolute Gasteiger partial charge is 0.342 e. The van der Waals surface area contributed by atoms with Crippen molar-refractivity contribution in [3.63, 3.8) is 0 Å². The van der Waals surface area contributed by atoms with Crippen LogP contribution in [0.25, 0.3) is 0 Å². The Bertz CT molecular complexity index is 547. The van der Waals surface area contributed by atoms with E-state index in [1.165, 1.54) is 12.0 Å². The van der Waals surface area contributed by atoms with Gasteiger partial charge < -0.3 is 9.80 Å². The summed E-state index contributed by atoms with van der Waals surface area (Å²) in [5, 5.41) is 0. The van der Waals surface area contributed by atoms with Crippen molar-refractivity contribution in [3.05, 3.63) is 29.8 Å². The topological polar surface area (TPSA) is 40.6 Å². The Morgan fingerprint density at radius 1 is 1.14 bits per heavy atom. The third kappa shape index (κ3) is 3.01. The molecular weight excluding hydrogens is 276 g/mol. The maximum atomic E-state index is 12.6. The molecule has 1 aromatic rings. The predicted molar refractivity (Wildman–Crippen MR) is 86.7 cm³/mol.